The average molecular weight is 1070 g/mol. The number of anilines is 1. The summed E-state index contributed by atoms with van der Waals surface area (Å²) in [5, 5.41) is 9.80. The minimum Gasteiger partial charge on any atom is -1.00 e. The molecule has 5 aromatic rings. The number of thiazole rings is 1. The Kier molecular flexibility index (Phi) is 23.9. The van der Waals surface area contributed by atoms with E-state index in [1.54, 1.807) is 0 Å². The molecule has 390 valence electrons. The molecule has 2 N–H and O–H groups in total. The molecule has 2 atom stereocenters. The average Bonchev–Trinajstić information content (AvgIpc) is 3.89. The first-order valence-corrected chi connectivity index (χ1v) is 27.3. The van der Waals surface area contributed by atoms with Crippen molar-refractivity contribution in [3.05, 3.63) is 143 Å². The number of pyridine rings is 1. The highest BCUT2D eigenvalue weighted by Crippen LogP contribution is 2.45. The summed E-state index contributed by atoms with van der Waals surface area (Å²) in [4.78, 5) is 30.9. The van der Waals surface area contributed by atoms with Crippen molar-refractivity contribution in [3.8, 4) is 0 Å². The SMILES string of the molecule is CN1/C(=C\c2cc[n+](CCCCCC(=O)NCCCOCCOCCOCCCNC(=O)CCCCCN3C=C/C(=C\c4sc5ccccc5[n+]4C)C4C=CC=CC43)c3ccccc23)Sc2ccccc21.[Cl-].[Cl-]. The van der Waals surface area contributed by atoms with Crippen molar-refractivity contribution in [3.63, 3.8) is 0 Å². The Bertz CT molecular complexity index is 2720. The highest BCUT2D eigenvalue weighted by molar-refractivity contribution is 8.03. The topological polar surface area (TPSA) is 100 Å². The lowest BCUT2D eigenvalue weighted by Gasteiger charge is -2.38. The number of halogens is 2. The van der Waals surface area contributed by atoms with Crippen LogP contribution in [0.4, 0.5) is 5.69 Å². The molecule has 0 spiro atoms. The molecule has 2 unspecified atom stereocenters. The van der Waals surface area contributed by atoms with Gasteiger partial charge in [0.15, 0.2) is 6.20 Å². The minimum absolute atomic E-state index is 0. The molecule has 2 amide bonds. The van der Waals surface area contributed by atoms with Crippen LogP contribution in [0.15, 0.2) is 137 Å². The summed E-state index contributed by atoms with van der Waals surface area (Å²) in [6.07, 6.45) is 28.8. The molecule has 0 radical (unpaired) electrons. The molecule has 3 aliphatic rings. The number of hydrogen-bond acceptors (Lipinski definition) is 9. The molecule has 3 aromatic carbocycles. The van der Waals surface area contributed by atoms with E-state index in [1.807, 2.05) is 23.1 Å². The number of para-hydroxylation sites is 3. The quantitative estimate of drug-likeness (QED) is 0.0576. The van der Waals surface area contributed by atoms with E-state index in [-0.39, 0.29) is 36.6 Å². The number of benzene rings is 3. The van der Waals surface area contributed by atoms with Crippen LogP contribution < -0.4 is 49.5 Å². The van der Waals surface area contributed by atoms with Crippen molar-refractivity contribution in [2.24, 2.45) is 13.0 Å². The number of thioether (sulfide) groups is 1. The van der Waals surface area contributed by atoms with Gasteiger partial charge in [0.1, 0.15) is 18.3 Å². The molecule has 73 heavy (non-hydrogen) atoms. The predicted octanol–water partition coefficient (Wildman–Crippen LogP) is 3.92. The van der Waals surface area contributed by atoms with Crippen molar-refractivity contribution >= 4 is 73.9 Å². The number of amides is 2. The Hall–Kier alpha value is -4.99. The van der Waals surface area contributed by atoms with Crippen molar-refractivity contribution in [1.82, 2.24) is 15.5 Å². The van der Waals surface area contributed by atoms with Gasteiger partial charge in [-0.05, 0) is 92.3 Å². The van der Waals surface area contributed by atoms with Crippen LogP contribution in [0.5, 0.6) is 0 Å². The van der Waals surface area contributed by atoms with Crippen molar-refractivity contribution in [2.45, 2.75) is 81.7 Å². The molecule has 11 nitrogen and oxygen atoms in total. The number of ether oxygens (including phenoxy) is 3. The maximum atomic E-state index is 12.4. The highest BCUT2D eigenvalue weighted by atomic mass is 35.5. The number of carbonyl (C=O) groups excluding carboxylic acids is 2. The first-order chi connectivity index (χ1) is 34.9. The molecular formula is C58H72Cl2N6O5S2. The van der Waals surface area contributed by atoms with E-state index < -0.39 is 0 Å². The van der Waals surface area contributed by atoms with Crippen LogP contribution in [-0.4, -0.2) is 89.1 Å². The third kappa shape index (κ3) is 16.5. The Morgan fingerprint density at radius 1 is 0.699 bits per heavy atom. The fourth-order valence-electron chi connectivity index (χ4n) is 9.40. The molecule has 8 rings (SSSR count). The van der Waals surface area contributed by atoms with E-state index in [0.717, 1.165) is 64.5 Å². The Labute approximate surface area is 453 Å². The van der Waals surface area contributed by atoms with Crippen LogP contribution >= 0.6 is 23.1 Å². The molecule has 0 saturated carbocycles. The van der Waals surface area contributed by atoms with E-state index >= 15 is 0 Å². The number of nitrogens with one attached hydrogen (secondary N) is 2. The number of aromatic nitrogens is 2. The molecule has 1 aliphatic carbocycles. The summed E-state index contributed by atoms with van der Waals surface area (Å²) in [5.74, 6) is 0.537. The van der Waals surface area contributed by atoms with Gasteiger partial charge in [0.2, 0.25) is 22.8 Å². The third-order valence-electron chi connectivity index (χ3n) is 13.3. The zero-order chi connectivity index (χ0) is 49.0. The third-order valence-corrected chi connectivity index (χ3v) is 15.7. The van der Waals surface area contributed by atoms with Gasteiger partial charge < -0.3 is 59.5 Å². The summed E-state index contributed by atoms with van der Waals surface area (Å²) in [6, 6.07) is 28.3. The normalized spacial score (nSPS) is 16.7. The van der Waals surface area contributed by atoms with Gasteiger partial charge >= 0.3 is 0 Å². The zero-order valence-electron chi connectivity index (χ0n) is 42.4. The number of rotatable bonds is 28. The second kappa shape index (κ2) is 30.4. The van der Waals surface area contributed by atoms with Crippen molar-refractivity contribution in [1.29, 1.82) is 0 Å². The van der Waals surface area contributed by atoms with E-state index in [9.17, 15) is 9.59 Å². The molecule has 2 aliphatic heterocycles. The van der Waals surface area contributed by atoms with Crippen LogP contribution in [-0.2, 0) is 37.4 Å². The van der Waals surface area contributed by atoms with E-state index in [0.29, 0.717) is 77.5 Å². The number of carbonyl (C=O) groups is 2. The van der Waals surface area contributed by atoms with E-state index in [2.05, 4.69) is 177 Å². The summed E-state index contributed by atoms with van der Waals surface area (Å²) in [6.45, 7) is 6.31. The van der Waals surface area contributed by atoms with Crippen molar-refractivity contribution < 1.29 is 57.7 Å². The van der Waals surface area contributed by atoms with Gasteiger partial charge in [-0.3, -0.25) is 9.59 Å². The Morgan fingerprint density at radius 3 is 2.07 bits per heavy atom. The van der Waals surface area contributed by atoms with Crippen LogP contribution in [0.2, 0.25) is 0 Å². The molecule has 0 fully saturated rings. The smallest absolute Gasteiger partial charge is 0.262 e. The molecule has 4 heterocycles. The number of nitrogens with zero attached hydrogens (tertiary/aromatic N) is 4. The minimum atomic E-state index is 0. The summed E-state index contributed by atoms with van der Waals surface area (Å²) >= 11 is 3.65. The molecular weight excluding hydrogens is 996 g/mol. The number of aryl methyl sites for hydroxylation is 2. The molecule has 0 saturated heterocycles. The van der Waals surface area contributed by atoms with Crippen LogP contribution in [0, 0.1) is 5.92 Å². The first-order valence-electron chi connectivity index (χ1n) is 25.7. The standard InChI is InChI=1S/C58H70N6O5S2.2ClH/c1-61-51-23-11-13-25-53(51)70-57(61)43-45-29-35-63(49-21-9-7-19-47(45)49)33-15-3-5-27-55(65)59-31-17-37-67-39-41-69-42-40-68-38-18-32-60-56(66)28-6-4-16-34-64-36-30-46(48-20-8-10-22-50(48)64)44-58-62(2)52-24-12-14-26-54(52)71-58;;/h7-14,19-26,29-30,35-36,43-44,47,49H,3-6,15-18,27-28,31-34,37-42H2,1-2H3;2*1H. The zero-order valence-corrected chi connectivity index (χ0v) is 45.5. The maximum absolute atomic E-state index is 12.4. The Balaban J connectivity index is 0.00000435. The van der Waals surface area contributed by atoms with Gasteiger partial charge in [-0.2, -0.15) is 9.13 Å². The summed E-state index contributed by atoms with van der Waals surface area (Å²) in [7, 11) is 4.28. The monoisotopic (exact) mass is 1070 g/mol. The lowest BCUT2D eigenvalue weighted by atomic mass is 9.84. The molecule has 15 heteroatoms. The lowest BCUT2D eigenvalue weighted by Crippen LogP contribution is -3.00. The van der Waals surface area contributed by atoms with Crippen molar-refractivity contribution in [2.75, 3.05) is 71.2 Å². The van der Waals surface area contributed by atoms with Crippen LogP contribution in [0.1, 0.15) is 74.8 Å². The lowest BCUT2D eigenvalue weighted by molar-refractivity contribution is -0.671. The van der Waals surface area contributed by atoms with E-state index in [4.69, 9.17) is 14.2 Å². The number of unbranched alkanes of at least 4 members (excludes halogenated alkanes) is 4. The van der Waals surface area contributed by atoms with Gasteiger partial charge in [0.25, 0.3) is 5.01 Å². The fraction of sp³-hybridized carbons (Fsp3) is 0.414. The highest BCUT2D eigenvalue weighted by Gasteiger charge is 2.30. The van der Waals surface area contributed by atoms with E-state index in [1.165, 1.54) is 52.9 Å². The second-order valence-corrected chi connectivity index (χ2v) is 20.5. The number of hydrogen-bond donors (Lipinski definition) is 2. The van der Waals surface area contributed by atoms with Gasteiger partial charge in [0.05, 0.1) is 48.6 Å². The molecule has 0 bridgehead atoms. The number of allylic oxidation sites excluding steroid dienone is 3. The summed E-state index contributed by atoms with van der Waals surface area (Å²) in [5.41, 5.74) is 6.30. The van der Waals surface area contributed by atoms with Crippen LogP contribution in [0.25, 0.3) is 33.3 Å². The largest absolute Gasteiger partial charge is 1.00 e. The fourth-order valence-corrected chi connectivity index (χ4v) is 11.6. The van der Waals surface area contributed by atoms with Gasteiger partial charge in [-0.1, -0.05) is 90.2 Å². The van der Waals surface area contributed by atoms with Gasteiger partial charge in [-0.15, -0.1) is 0 Å². The molecule has 2 aromatic heterocycles. The van der Waals surface area contributed by atoms with Gasteiger partial charge in [-0.25, -0.2) is 0 Å². The first kappa shape index (κ1) is 57.3. The second-order valence-electron chi connectivity index (χ2n) is 18.4. The summed E-state index contributed by atoms with van der Waals surface area (Å²) < 4.78 is 22.9. The Morgan fingerprint density at radius 2 is 1.34 bits per heavy atom. The van der Waals surface area contributed by atoms with Crippen LogP contribution in [0.3, 0.4) is 0 Å². The number of fused-ring (bicyclic) bond motifs is 4. The van der Waals surface area contributed by atoms with Gasteiger partial charge in [0, 0.05) is 94.2 Å². The maximum Gasteiger partial charge on any atom is 0.262 e. The predicted molar refractivity (Wildman–Crippen MR) is 290 cm³/mol.